The largest absolute Gasteiger partial charge is 0.495 e. The van der Waals surface area contributed by atoms with Crippen LogP contribution in [0.4, 0.5) is 5.69 Å². The number of carbonyl (C=O) groups excluding carboxylic acids is 2. The van der Waals surface area contributed by atoms with Gasteiger partial charge in [-0.25, -0.2) is 0 Å². The smallest absolute Gasteiger partial charge is 0.253 e. The molecule has 0 fully saturated rings. The van der Waals surface area contributed by atoms with Gasteiger partial charge in [0, 0.05) is 26.1 Å². The highest BCUT2D eigenvalue weighted by atomic mass is 35.5. The standard InChI is InChI=1S/C15H23N3O3.ClH/c1-16-9-5-6-14(19)17-12-8-7-11(10-13(12)21-4)15(20)18(2)3;/h7-8,10,16H,5-6,9H2,1-4H3,(H,17,19);1H. The maximum Gasteiger partial charge on any atom is 0.253 e. The van der Waals surface area contributed by atoms with Crippen molar-refractivity contribution in [2.24, 2.45) is 0 Å². The van der Waals surface area contributed by atoms with E-state index in [1.54, 1.807) is 32.3 Å². The highest BCUT2D eigenvalue weighted by Gasteiger charge is 2.13. The van der Waals surface area contributed by atoms with Gasteiger partial charge in [-0.15, -0.1) is 12.4 Å². The molecule has 0 radical (unpaired) electrons. The zero-order valence-corrected chi connectivity index (χ0v) is 14.3. The number of nitrogens with one attached hydrogen (secondary N) is 2. The average molecular weight is 330 g/mol. The van der Waals surface area contributed by atoms with Gasteiger partial charge in [0.15, 0.2) is 0 Å². The first-order valence-electron chi connectivity index (χ1n) is 6.83. The van der Waals surface area contributed by atoms with Crippen molar-refractivity contribution >= 4 is 29.9 Å². The molecule has 2 amide bonds. The summed E-state index contributed by atoms with van der Waals surface area (Å²) in [4.78, 5) is 25.2. The van der Waals surface area contributed by atoms with E-state index < -0.39 is 0 Å². The Kier molecular flexibility index (Phi) is 9.21. The van der Waals surface area contributed by atoms with E-state index in [0.717, 1.165) is 13.0 Å². The second-order valence-electron chi connectivity index (χ2n) is 4.87. The van der Waals surface area contributed by atoms with Crippen molar-refractivity contribution < 1.29 is 14.3 Å². The molecule has 2 N–H and O–H groups in total. The molecule has 0 unspecified atom stereocenters. The van der Waals surface area contributed by atoms with Gasteiger partial charge in [-0.1, -0.05) is 0 Å². The zero-order valence-electron chi connectivity index (χ0n) is 13.4. The molecular weight excluding hydrogens is 306 g/mol. The number of rotatable bonds is 7. The molecule has 0 saturated heterocycles. The van der Waals surface area contributed by atoms with Crippen LogP contribution in [0.15, 0.2) is 18.2 Å². The lowest BCUT2D eigenvalue weighted by Crippen LogP contribution is -2.22. The lowest BCUT2D eigenvalue weighted by molar-refractivity contribution is -0.116. The van der Waals surface area contributed by atoms with Gasteiger partial charge in [0.05, 0.1) is 12.8 Å². The zero-order chi connectivity index (χ0) is 15.8. The first-order valence-corrected chi connectivity index (χ1v) is 6.83. The SMILES string of the molecule is CNCCCC(=O)Nc1ccc(C(=O)N(C)C)cc1OC.Cl. The Bertz CT molecular complexity index is 507. The number of nitrogens with zero attached hydrogens (tertiary/aromatic N) is 1. The Morgan fingerprint density at radius 3 is 2.50 bits per heavy atom. The molecule has 0 saturated carbocycles. The van der Waals surface area contributed by atoms with Crippen molar-refractivity contribution in [3.8, 4) is 5.75 Å². The molecule has 1 aromatic rings. The van der Waals surface area contributed by atoms with Crippen LogP contribution < -0.4 is 15.4 Å². The normalized spacial score (nSPS) is 9.64. The van der Waals surface area contributed by atoms with Crippen molar-refractivity contribution in [1.29, 1.82) is 0 Å². The van der Waals surface area contributed by atoms with E-state index in [1.165, 1.54) is 12.0 Å². The van der Waals surface area contributed by atoms with Crippen LogP contribution >= 0.6 is 12.4 Å². The fourth-order valence-electron chi connectivity index (χ4n) is 1.82. The minimum Gasteiger partial charge on any atom is -0.495 e. The molecule has 1 rings (SSSR count). The number of carbonyl (C=O) groups is 2. The maximum absolute atomic E-state index is 11.9. The van der Waals surface area contributed by atoms with E-state index in [1.807, 2.05) is 7.05 Å². The number of benzene rings is 1. The molecule has 0 aliphatic rings. The second kappa shape index (κ2) is 10.0. The average Bonchev–Trinajstić information content (AvgIpc) is 2.47. The molecule has 0 aliphatic carbocycles. The van der Waals surface area contributed by atoms with Crippen LogP contribution in [0.2, 0.25) is 0 Å². The molecular formula is C15H24ClN3O3. The second-order valence-corrected chi connectivity index (χ2v) is 4.87. The number of ether oxygens (including phenoxy) is 1. The highest BCUT2D eigenvalue weighted by molar-refractivity contribution is 5.97. The number of methoxy groups -OCH3 is 1. The molecule has 7 heteroatoms. The molecule has 0 spiro atoms. The van der Waals surface area contributed by atoms with Gasteiger partial charge in [-0.3, -0.25) is 9.59 Å². The summed E-state index contributed by atoms with van der Waals surface area (Å²) >= 11 is 0. The van der Waals surface area contributed by atoms with Crippen LogP contribution in [0.5, 0.6) is 5.75 Å². The number of anilines is 1. The van der Waals surface area contributed by atoms with Gasteiger partial charge < -0.3 is 20.3 Å². The number of hydrogen-bond acceptors (Lipinski definition) is 4. The first-order chi connectivity index (χ1) is 9.99. The summed E-state index contributed by atoms with van der Waals surface area (Å²) in [6.45, 7) is 0.792. The summed E-state index contributed by atoms with van der Waals surface area (Å²) in [6, 6.07) is 4.99. The predicted molar refractivity (Wildman–Crippen MR) is 90.0 cm³/mol. The minimum atomic E-state index is -0.111. The van der Waals surface area contributed by atoms with Crippen LogP contribution in [0, 0.1) is 0 Å². The van der Waals surface area contributed by atoms with Crippen molar-refractivity contribution in [2.45, 2.75) is 12.8 Å². The Balaban J connectivity index is 0.00000441. The fourth-order valence-corrected chi connectivity index (χ4v) is 1.82. The van der Waals surface area contributed by atoms with Crippen molar-refractivity contribution in [2.75, 3.05) is 40.1 Å². The van der Waals surface area contributed by atoms with Crippen LogP contribution in [-0.2, 0) is 4.79 Å². The first kappa shape index (κ1) is 20.2. The number of halogens is 1. The van der Waals surface area contributed by atoms with Crippen LogP contribution in [-0.4, -0.2) is 51.5 Å². The Labute approximate surface area is 137 Å². The van der Waals surface area contributed by atoms with Gasteiger partial charge in [-0.05, 0) is 38.2 Å². The summed E-state index contributed by atoms with van der Waals surface area (Å²) in [5.74, 6) is 0.292. The summed E-state index contributed by atoms with van der Waals surface area (Å²) in [7, 11) is 6.73. The number of amides is 2. The Morgan fingerprint density at radius 2 is 1.95 bits per heavy atom. The molecule has 0 heterocycles. The highest BCUT2D eigenvalue weighted by Crippen LogP contribution is 2.26. The molecule has 1 aromatic carbocycles. The molecule has 0 aromatic heterocycles. The third-order valence-electron chi connectivity index (χ3n) is 2.96. The van der Waals surface area contributed by atoms with Gasteiger partial charge in [0.2, 0.25) is 5.91 Å². The maximum atomic E-state index is 11.9. The van der Waals surface area contributed by atoms with Crippen LogP contribution in [0.1, 0.15) is 23.2 Å². The van der Waals surface area contributed by atoms with E-state index in [-0.39, 0.29) is 24.2 Å². The minimum absolute atomic E-state index is 0. The molecule has 0 bridgehead atoms. The van der Waals surface area contributed by atoms with Crippen LogP contribution in [0.25, 0.3) is 0 Å². The third kappa shape index (κ3) is 5.91. The van der Waals surface area contributed by atoms with Crippen LogP contribution in [0.3, 0.4) is 0 Å². The van der Waals surface area contributed by atoms with E-state index in [4.69, 9.17) is 4.74 Å². The quantitative estimate of drug-likeness (QED) is 0.748. The van der Waals surface area contributed by atoms with Gasteiger partial charge in [-0.2, -0.15) is 0 Å². The Morgan fingerprint density at radius 1 is 1.27 bits per heavy atom. The van der Waals surface area contributed by atoms with Crippen molar-refractivity contribution in [3.05, 3.63) is 23.8 Å². The topological polar surface area (TPSA) is 70.7 Å². The van der Waals surface area contributed by atoms with Gasteiger partial charge in [0.25, 0.3) is 5.91 Å². The van der Waals surface area contributed by atoms with E-state index >= 15 is 0 Å². The van der Waals surface area contributed by atoms with Crippen molar-refractivity contribution in [3.63, 3.8) is 0 Å². The van der Waals surface area contributed by atoms with E-state index in [9.17, 15) is 9.59 Å². The molecule has 22 heavy (non-hydrogen) atoms. The summed E-state index contributed by atoms with van der Waals surface area (Å²) in [5, 5.41) is 5.79. The Hall–Kier alpha value is -1.79. The monoisotopic (exact) mass is 329 g/mol. The summed E-state index contributed by atoms with van der Waals surface area (Å²) in [6.07, 6.45) is 1.20. The van der Waals surface area contributed by atoms with Gasteiger partial charge in [0.1, 0.15) is 5.75 Å². The van der Waals surface area contributed by atoms with E-state index in [2.05, 4.69) is 10.6 Å². The van der Waals surface area contributed by atoms with E-state index in [0.29, 0.717) is 23.4 Å². The molecule has 0 aliphatic heterocycles. The van der Waals surface area contributed by atoms with Crippen molar-refractivity contribution in [1.82, 2.24) is 10.2 Å². The third-order valence-corrected chi connectivity index (χ3v) is 2.96. The predicted octanol–water partition coefficient (Wildman–Crippen LogP) is 1.76. The molecule has 0 atom stereocenters. The molecule has 6 nitrogen and oxygen atoms in total. The number of hydrogen-bond donors (Lipinski definition) is 2. The molecule has 124 valence electrons. The summed E-state index contributed by atoms with van der Waals surface area (Å²) < 4.78 is 5.24. The van der Waals surface area contributed by atoms with Gasteiger partial charge >= 0.3 is 0 Å². The fraction of sp³-hybridized carbons (Fsp3) is 0.467. The lowest BCUT2D eigenvalue weighted by Gasteiger charge is -2.14. The lowest BCUT2D eigenvalue weighted by atomic mass is 10.1. The summed E-state index contributed by atoms with van der Waals surface area (Å²) in [5.41, 5.74) is 1.09.